The van der Waals surface area contributed by atoms with Gasteiger partial charge < -0.3 is 15.4 Å². The molecule has 0 bridgehead atoms. The van der Waals surface area contributed by atoms with E-state index in [-0.39, 0.29) is 28.5 Å². The van der Waals surface area contributed by atoms with Crippen molar-refractivity contribution in [1.82, 2.24) is 15.3 Å². The Hall–Kier alpha value is -3.85. The summed E-state index contributed by atoms with van der Waals surface area (Å²) in [6, 6.07) is 11.6. The molecular weight excluding hydrogens is 466 g/mol. The molecule has 1 aromatic carbocycles. The maximum absolute atomic E-state index is 13.1. The van der Waals surface area contributed by atoms with Gasteiger partial charge in [0.1, 0.15) is 10.8 Å². The minimum atomic E-state index is -2.65. The third-order valence-electron chi connectivity index (χ3n) is 5.02. The summed E-state index contributed by atoms with van der Waals surface area (Å²) < 4.78 is 29.9. The molecule has 34 heavy (non-hydrogen) atoms. The van der Waals surface area contributed by atoms with Gasteiger partial charge in [-0.2, -0.15) is 0 Å². The molecule has 1 atom stereocenters. The summed E-state index contributed by atoms with van der Waals surface area (Å²) in [5.74, 6) is -0.509. The summed E-state index contributed by atoms with van der Waals surface area (Å²) in [5, 5.41) is 5.63. The Labute approximate surface area is 198 Å². The number of benzene rings is 1. The quantitative estimate of drug-likeness (QED) is 0.504. The number of aromatic nitrogens is 2. The van der Waals surface area contributed by atoms with Gasteiger partial charge in [0, 0.05) is 30.4 Å². The number of nitrogens with one attached hydrogen (secondary N) is 2. The Bertz CT molecular complexity index is 1280. The zero-order valence-corrected chi connectivity index (χ0v) is 18.6. The number of rotatable bonds is 7. The Morgan fingerprint density at radius 1 is 1.18 bits per heavy atom. The molecule has 0 saturated heterocycles. The molecule has 2 amide bonds. The average molecular weight is 485 g/mol. The predicted octanol–water partition coefficient (Wildman–Crippen LogP) is 4.76. The number of hydrogen-bond acceptors (Lipinski definition) is 5. The van der Waals surface area contributed by atoms with Gasteiger partial charge in [-0.15, -0.1) is 0 Å². The number of amides is 2. The van der Waals surface area contributed by atoms with Crippen molar-refractivity contribution in [1.29, 1.82) is 0 Å². The van der Waals surface area contributed by atoms with E-state index < -0.39 is 19.1 Å². The standard InChI is InChI=1S/C24H19ClF2N4O3/c1-13(32)30-21-10-15(6-7-28-21)23(33)31-22-17-5-3-2-4-14(17)8-18(22)16-9-19(25)24(29-11-16)34-12-20(26)27/h2-11,20,22H,12H2,1H3,(H,31,33)(H,28,30,32). The van der Waals surface area contributed by atoms with Gasteiger partial charge in [-0.3, -0.25) is 9.59 Å². The van der Waals surface area contributed by atoms with E-state index in [1.807, 2.05) is 30.3 Å². The highest BCUT2D eigenvalue weighted by molar-refractivity contribution is 6.32. The fourth-order valence-electron chi connectivity index (χ4n) is 3.60. The van der Waals surface area contributed by atoms with Gasteiger partial charge >= 0.3 is 0 Å². The zero-order chi connectivity index (χ0) is 24.2. The molecule has 10 heteroatoms. The lowest BCUT2D eigenvalue weighted by atomic mass is 9.99. The van der Waals surface area contributed by atoms with Gasteiger partial charge in [-0.25, -0.2) is 18.7 Å². The largest absolute Gasteiger partial charge is 0.471 e. The lowest BCUT2D eigenvalue weighted by molar-refractivity contribution is -0.114. The molecule has 0 spiro atoms. The number of ether oxygens (including phenoxy) is 1. The van der Waals surface area contributed by atoms with E-state index in [1.165, 1.54) is 25.4 Å². The number of halogens is 3. The maximum Gasteiger partial charge on any atom is 0.272 e. The monoisotopic (exact) mass is 484 g/mol. The van der Waals surface area contributed by atoms with Crippen molar-refractivity contribution >= 4 is 40.9 Å². The number of anilines is 1. The fourth-order valence-corrected chi connectivity index (χ4v) is 3.82. The summed E-state index contributed by atoms with van der Waals surface area (Å²) in [6.45, 7) is 0.537. The normalized spacial score (nSPS) is 14.4. The van der Waals surface area contributed by atoms with Crippen LogP contribution in [0, 0.1) is 0 Å². The second-order valence-corrected chi connectivity index (χ2v) is 7.87. The van der Waals surface area contributed by atoms with Gasteiger partial charge in [0.2, 0.25) is 11.8 Å². The molecule has 0 fully saturated rings. The fraction of sp³-hybridized carbons (Fsp3) is 0.167. The van der Waals surface area contributed by atoms with Gasteiger partial charge in [0.15, 0.2) is 6.61 Å². The van der Waals surface area contributed by atoms with Gasteiger partial charge in [0.25, 0.3) is 12.3 Å². The van der Waals surface area contributed by atoms with E-state index in [2.05, 4.69) is 20.6 Å². The third-order valence-corrected chi connectivity index (χ3v) is 5.29. The average Bonchev–Trinajstić information content (AvgIpc) is 3.16. The molecule has 2 N–H and O–H groups in total. The van der Waals surface area contributed by atoms with Crippen LogP contribution in [0.1, 0.15) is 40.0 Å². The Kier molecular flexibility index (Phi) is 6.83. The smallest absolute Gasteiger partial charge is 0.272 e. The second-order valence-electron chi connectivity index (χ2n) is 7.46. The lowest BCUT2D eigenvalue weighted by Gasteiger charge is -2.20. The SMILES string of the molecule is CC(=O)Nc1cc(C(=O)NC2C(c3cnc(OCC(F)F)c(Cl)c3)=Cc3ccccc32)ccn1. The lowest BCUT2D eigenvalue weighted by Crippen LogP contribution is -2.28. The van der Waals surface area contributed by atoms with Crippen molar-refractivity contribution in [2.75, 3.05) is 11.9 Å². The van der Waals surface area contributed by atoms with Crippen LogP contribution in [0.15, 0.2) is 54.9 Å². The molecule has 3 aromatic rings. The summed E-state index contributed by atoms with van der Waals surface area (Å²) in [6.07, 6.45) is 2.15. The minimum absolute atomic E-state index is 0.0779. The van der Waals surface area contributed by atoms with Crippen molar-refractivity contribution in [3.63, 3.8) is 0 Å². The molecule has 1 aliphatic rings. The van der Waals surface area contributed by atoms with Crippen LogP contribution >= 0.6 is 11.6 Å². The number of nitrogens with zero attached hydrogens (tertiary/aromatic N) is 2. The zero-order valence-electron chi connectivity index (χ0n) is 17.9. The van der Waals surface area contributed by atoms with Crippen LogP contribution in [-0.2, 0) is 4.79 Å². The highest BCUT2D eigenvalue weighted by atomic mass is 35.5. The highest BCUT2D eigenvalue weighted by Crippen LogP contribution is 2.41. The topological polar surface area (TPSA) is 93.2 Å². The van der Waals surface area contributed by atoms with E-state index in [0.717, 1.165) is 16.7 Å². The number of hydrogen-bond donors (Lipinski definition) is 2. The minimum Gasteiger partial charge on any atom is -0.471 e. The molecule has 0 aliphatic heterocycles. The first-order valence-electron chi connectivity index (χ1n) is 10.2. The van der Waals surface area contributed by atoms with E-state index in [4.69, 9.17) is 16.3 Å². The highest BCUT2D eigenvalue weighted by Gasteiger charge is 2.28. The maximum atomic E-state index is 13.1. The van der Waals surface area contributed by atoms with Crippen LogP contribution in [0.5, 0.6) is 5.88 Å². The molecule has 1 aliphatic carbocycles. The van der Waals surface area contributed by atoms with E-state index in [9.17, 15) is 18.4 Å². The van der Waals surface area contributed by atoms with Crippen LogP contribution in [0.25, 0.3) is 11.6 Å². The Morgan fingerprint density at radius 3 is 2.71 bits per heavy atom. The molecule has 7 nitrogen and oxygen atoms in total. The molecule has 0 saturated carbocycles. The number of carbonyl (C=O) groups is 2. The van der Waals surface area contributed by atoms with Gasteiger partial charge in [-0.1, -0.05) is 35.9 Å². The second kappa shape index (κ2) is 9.96. The number of pyridine rings is 2. The van der Waals surface area contributed by atoms with Crippen LogP contribution in [0.3, 0.4) is 0 Å². The number of fused-ring (bicyclic) bond motifs is 1. The molecule has 2 aromatic heterocycles. The van der Waals surface area contributed by atoms with Crippen LogP contribution in [0.2, 0.25) is 5.02 Å². The molecule has 4 rings (SSSR count). The van der Waals surface area contributed by atoms with E-state index in [0.29, 0.717) is 11.1 Å². The molecule has 174 valence electrons. The molecule has 2 heterocycles. The first-order chi connectivity index (χ1) is 16.3. The number of alkyl halides is 2. The van der Waals surface area contributed by atoms with Crippen molar-refractivity contribution in [2.24, 2.45) is 0 Å². The number of carbonyl (C=O) groups excluding carboxylic acids is 2. The van der Waals surface area contributed by atoms with Crippen molar-refractivity contribution < 1.29 is 23.1 Å². The van der Waals surface area contributed by atoms with E-state index >= 15 is 0 Å². The summed E-state index contributed by atoms with van der Waals surface area (Å²) in [4.78, 5) is 32.5. The summed E-state index contributed by atoms with van der Waals surface area (Å²) in [7, 11) is 0. The van der Waals surface area contributed by atoms with Crippen LogP contribution in [-0.4, -0.2) is 34.8 Å². The van der Waals surface area contributed by atoms with Crippen molar-refractivity contribution in [3.8, 4) is 5.88 Å². The van der Waals surface area contributed by atoms with Gasteiger partial charge in [-0.05, 0) is 41.0 Å². The van der Waals surface area contributed by atoms with Crippen LogP contribution < -0.4 is 15.4 Å². The Morgan fingerprint density at radius 2 is 1.97 bits per heavy atom. The predicted molar refractivity (Wildman–Crippen MR) is 124 cm³/mol. The first-order valence-corrected chi connectivity index (χ1v) is 10.6. The van der Waals surface area contributed by atoms with Crippen molar-refractivity contribution in [3.05, 3.63) is 82.1 Å². The first kappa shape index (κ1) is 23.3. The third kappa shape index (κ3) is 5.20. The summed E-state index contributed by atoms with van der Waals surface area (Å²) in [5.41, 5.74) is 3.42. The molecule has 1 unspecified atom stereocenters. The van der Waals surface area contributed by atoms with Gasteiger partial charge in [0.05, 0.1) is 6.04 Å². The molecule has 0 radical (unpaired) electrons. The summed E-state index contributed by atoms with van der Waals surface area (Å²) >= 11 is 6.22. The molecular formula is C24H19ClF2N4O3. The van der Waals surface area contributed by atoms with Crippen LogP contribution in [0.4, 0.5) is 14.6 Å². The van der Waals surface area contributed by atoms with Crippen molar-refractivity contribution in [2.45, 2.75) is 19.4 Å². The van der Waals surface area contributed by atoms with E-state index in [1.54, 1.807) is 12.1 Å². The Balaban J connectivity index is 1.62.